The van der Waals surface area contributed by atoms with Crippen molar-refractivity contribution in [1.29, 1.82) is 0 Å². The second kappa shape index (κ2) is 6.58. The summed E-state index contributed by atoms with van der Waals surface area (Å²) in [5.41, 5.74) is 1.44. The monoisotopic (exact) mass is 318 g/mol. The molecule has 2 aromatic rings. The molecule has 0 aliphatic rings. The first kappa shape index (κ1) is 16.0. The summed E-state index contributed by atoms with van der Waals surface area (Å²) in [6.45, 7) is 4.12. The van der Waals surface area contributed by atoms with Crippen LogP contribution >= 0.6 is 11.6 Å². The number of nitrogens with zero attached hydrogens (tertiary/aromatic N) is 1. The van der Waals surface area contributed by atoms with E-state index in [0.717, 1.165) is 5.56 Å². The fourth-order valence-electron chi connectivity index (χ4n) is 1.98. The van der Waals surface area contributed by atoms with Gasteiger partial charge in [0.25, 0.3) is 11.6 Å². The molecule has 0 saturated heterocycles. The van der Waals surface area contributed by atoms with Gasteiger partial charge in [-0.2, -0.15) is 0 Å². The molecular formula is C16H15ClN2O3. The largest absolute Gasteiger partial charge is 0.316 e. The highest BCUT2D eigenvalue weighted by molar-refractivity contribution is 6.31. The van der Waals surface area contributed by atoms with Crippen molar-refractivity contribution in [2.45, 2.75) is 19.8 Å². The number of hydrogen-bond donors (Lipinski definition) is 1. The lowest BCUT2D eigenvalue weighted by Crippen LogP contribution is -2.13. The number of hydrogen-bond acceptors (Lipinski definition) is 3. The lowest BCUT2D eigenvalue weighted by Gasteiger charge is -2.08. The van der Waals surface area contributed by atoms with Gasteiger partial charge < -0.3 is 5.32 Å². The van der Waals surface area contributed by atoms with E-state index in [-0.39, 0.29) is 16.4 Å². The molecule has 0 aliphatic heterocycles. The van der Waals surface area contributed by atoms with E-state index in [1.165, 1.54) is 18.2 Å². The molecule has 0 unspecified atom stereocenters. The van der Waals surface area contributed by atoms with Crippen molar-refractivity contribution in [3.63, 3.8) is 0 Å². The van der Waals surface area contributed by atoms with Gasteiger partial charge >= 0.3 is 0 Å². The smallest absolute Gasteiger partial charge is 0.294 e. The average molecular weight is 319 g/mol. The van der Waals surface area contributed by atoms with Crippen molar-refractivity contribution in [3.8, 4) is 0 Å². The molecular weight excluding hydrogens is 304 g/mol. The van der Waals surface area contributed by atoms with E-state index in [1.807, 2.05) is 12.1 Å². The zero-order valence-electron chi connectivity index (χ0n) is 12.2. The average Bonchev–Trinajstić information content (AvgIpc) is 2.48. The standard InChI is InChI=1S/C16H15ClN2O3/c1-10(2)11-3-5-12(6-4-11)16(20)18-14-8-7-13(17)9-15(14)19(21)22/h3-10H,1-2H3,(H,18,20). The van der Waals surface area contributed by atoms with Crippen LogP contribution in [-0.2, 0) is 0 Å². The molecule has 0 atom stereocenters. The number of nitrogens with one attached hydrogen (secondary N) is 1. The van der Waals surface area contributed by atoms with Crippen LogP contribution in [0.2, 0.25) is 5.02 Å². The Bertz CT molecular complexity index is 712. The van der Waals surface area contributed by atoms with Crippen LogP contribution in [0.15, 0.2) is 42.5 Å². The summed E-state index contributed by atoms with van der Waals surface area (Å²) in [4.78, 5) is 22.6. The number of halogens is 1. The van der Waals surface area contributed by atoms with Gasteiger partial charge in [0.2, 0.25) is 0 Å². The minimum atomic E-state index is -0.580. The topological polar surface area (TPSA) is 72.2 Å². The van der Waals surface area contributed by atoms with Gasteiger partial charge in [0.05, 0.1) is 4.92 Å². The van der Waals surface area contributed by atoms with Gasteiger partial charge in [0.1, 0.15) is 5.69 Å². The fraction of sp³-hybridized carbons (Fsp3) is 0.188. The summed E-state index contributed by atoms with van der Waals surface area (Å²) in [5, 5.41) is 13.8. The number of nitro benzene ring substituents is 1. The van der Waals surface area contributed by atoms with E-state index >= 15 is 0 Å². The number of carbonyl (C=O) groups is 1. The van der Waals surface area contributed by atoms with Crippen LogP contribution < -0.4 is 5.32 Å². The number of carbonyl (C=O) groups excluding carboxylic acids is 1. The van der Waals surface area contributed by atoms with Gasteiger partial charge in [-0.25, -0.2) is 0 Å². The third-order valence-electron chi connectivity index (χ3n) is 3.24. The summed E-state index contributed by atoms with van der Waals surface area (Å²) in [6.07, 6.45) is 0. The van der Waals surface area contributed by atoms with Crippen molar-refractivity contribution < 1.29 is 9.72 Å². The Hall–Kier alpha value is -2.40. The normalized spacial score (nSPS) is 10.5. The van der Waals surface area contributed by atoms with Crippen LogP contribution in [0.3, 0.4) is 0 Å². The third kappa shape index (κ3) is 3.62. The number of nitro groups is 1. The predicted octanol–water partition coefficient (Wildman–Crippen LogP) is 4.62. The first-order valence-electron chi connectivity index (χ1n) is 6.73. The number of rotatable bonds is 4. The first-order valence-corrected chi connectivity index (χ1v) is 7.11. The summed E-state index contributed by atoms with van der Waals surface area (Å²) in [6, 6.07) is 11.3. The molecule has 1 N–H and O–H groups in total. The molecule has 6 heteroatoms. The maximum atomic E-state index is 12.2. The van der Waals surface area contributed by atoms with Gasteiger partial charge in [-0.15, -0.1) is 0 Å². The molecule has 114 valence electrons. The minimum Gasteiger partial charge on any atom is -0.316 e. The Kier molecular flexibility index (Phi) is 4.78. The van der Waals surface area contributed by atoms with E-state index in [4.69, 9.17) is 11.6 Å². The van der Waals surface area contributed by atoms with Crippen LogP contribution in [0.5, 0.6) is 0 Å². The van der Waals surface area contributed by atoms with E-state index in [1.54, 1.807) is 12.1 Å². The second-order valence-electron chi connectivity index (χ2n) is 5.15. The van der Waals surface area contributed by atoms with Crippen molar-refractivity contribution in [2.75, 3.05) is 5.32 Å². The summed E-state index contributed by atoms with van der Waals surface area (Å²) in [5.74, 6) is -0.0322. The molecule has 0 saturated carbocycles. The molecule has 2 aromatic carbocycles. The minimum absolute atomic E-state index is 0.118. The first-order chi connectivity index (χ1) is 10.4. The molecule has 0 spiro atoms. The summed E-state index contributed by atoms with van der Waals surface area (Å²) >= 11 is 5.74. The number of anilines is 1. The van der Waals surface area contributed by atoms with Crippen LogP contribution in [-0.4, -0.2) is 10.8 Å². The SMILES string of the molecule is CC(C)c1ccc(C(=O)Nc2ccc(Cl)cc2[N+](=O)[O-])cc1. The van der Waals surface area contributed by atoms with Crippen molar-refractivity contribution in [2.24, 2.45) is 0 Å². The lowest BCUT2D eigenvalue weighted by molar-refractivity contribution is -0.383. The van der Waals surface area contributed by atoms with Crippen LogP contribution in [0, 0.1) is 10.1 Å². The van der Waals surface area contributed by atoms with Crippen LogP contribution in [0.25, 0.3) is 0 Å². The Morgan fingerprint density at radius 1 is 1.18 bits per heavy atom. The Labute approximate surface area is 133 Å². The Morgan fingerprint density at radius 3 is 2.36 bits per heavy atom. The van der Waals surface area contributed by atoms with Gasteiger partial charge in [-0.3, -0.25) is 14.9 Å². The maximum Gasteiger partial charge on any atom is 0.294 e. The molecule has 0 aromatic heterocycles. The quantitative estimate of drug-likeness (QED) is 0.660. The highest BCUT2D eigenvalue weighted by atomic mass is 35.5. The maximum absolute atomic E-state index is 12.2. The number of amides is 1. The molecule has 0 fully saturated rings. The van der Waals surface area contributed by atoms with Gasteiger partial charge in [0, 0.05) is 16.7 Å². The second-order valence-corrected chi connectivity index (χ2v) is 5.59. The zero-order chi connectivity index (χ0) is 16.3. The van der Waals surface area contributed by atoms with Crippen LogP contribution in [0.1, 0.15) is 35.7 Å². The zero-order valence-corrected chi connectivity index (χ0v) is 12.9. The molecule has 0 aliphatic carbocycles. The highest BCUT2D eigenvalue weighted by Crippen LogP contribution is 2.28. The van der Waals surface area contributed by atoms with E-state index in [0.29, 0.717) is 11.5 Å². The molecule has 0 radical (unpaired) electrons. The summed E-state index contributed by atoms with van der Waals surface area (Å²) < 4.78 is 0. The fourth-order valence-corrected chi connectivity index (χ4v) is 2.14. The van der Waals surface area contributed by atoms with Gasteiger partial charge in [-0.1, -0.05) is 37.6 Å². The van der Waals surface area contributed by atoms with Crippen molar-refractivity contribution >= 4 is 28.9 Å². The van der Waals surface area contributed by atoms with Gasteiger partial charge in [-0.05, 0) is 35.7 Å². The summed E-state index contributed by atoms with van der Waals surface area (Å²) in [7, 11) is 0. The van der Waals surface area contributed by atoms with E-state index < -0.39 is 10.8 Å². The van der Waals surface area contributed by atoms with Crippen LogP contribution in [0.4, 0.5) is 11.4 Å². The Morgan fingerprint density at radius 2 is 1.82 bits per heavy atom. The van der Waals surface area contributed by atoms with E-state index in [9.17, 15) is 14.9 Å². The molecule has 5 nitrogen and oxygen atoms in total. The molecule has 0 heterocycles. The highest BCUT2D eigenvalue weighted by Gasteiger charge is 2.17. The lowest BCUT2D eigenvalue weighted by atomic mass is 10.0. The predicted molar refractivity (Wildman–Crippen MR) is 86.6 cm³/mol. The molecule has 0 bridgehead atoms. The third-order valence-corrected chi connectivity index (χ3v) is 3.48. The van der Waals surface area contributed by atoms with E-state index in [2.05, 4.69) is 19.2 Å². The molecule has 1 amide bonds. The van der Waals surface area contributed by atoms with Gasteiger partial charge in [0.15, 0.2) is 0 Å². The molecule has 2 rings (SSSR count). The number of benzene rings is 2. The molecule has 22 heavy (non-hydrogen) atoms. The van der Waals surface area contributed by atoms with Crippen molar-refractivity contribution in [1.82, 2.24) is 0 Å². The van der Waals surface area contributed by atoms with Crippen molar-refractivity contribution in [3.05, 3.63) is 68.7 Å². The Balaban J connectivity index is 2.23.